The first-order valence-electron chi connectivity index (χ1n) is 11.7. The average Bonchev–Trinajstić information content (AvgIpc) is 3.33. The number of halogens is 1. The van der Waals surface area contributed by atoms with E-state index in [0.717, 1.165) is 16.7 Å². The van der Waals surface area contributed by atoms with E-state index in [1.165, 1.54) is 18.9 Å². The Hall–Kier alpha value is -3.75. The number of anilines is 1. The molecule has 1 aliphatic rings. The number of carbonyl (C=O) groups excluding carboxylic acids is 1. The SMILES string of the molecule is COC(=O)C1=C(C)Nc2nc(SCc3ccccc3Cl)nn2C1c1cccc(OCc2ccccc2)c1. The van der Waals surface area contributed by atoms with Crippen molar-refractivity contribution in [2.75, 3.05) is 12.4 Å². The van der Waals surface area contributed by atoms with E-state index in [1.807, 2.05) is 85.8 Å². The predicted octanol–water partition coefficient (Wildman–Crippen LogP) is 6.26. The highest BCUT2D eigenvalue weighted by atomic mass is 35.5. The monoisotopic (exact) mass is 532 g/mol. The molecule has 0 aliphatic carbocycles. The number of rotatable bonds is 8. The number of thioether (sulfide) groups is 1. The lowest BCUT2D eigenvalue weighted by Crippen LogP contribution is -2.29. The van der Waals surface area contributed by atoms with Gasteiger partial charge < -0.3 is 14.8 Å². The quantitative estimate of drug-likeness (QED) is 0.212. The van der Waals surface area contributed by atoms with Gasteiger partial charge in [0.05, 0.1) is 12.7 Å². The Morgan fingerprint density at radius 2 is 1.86 bits per heavy atom. The molecule has 0 bridgehead atoms. The van der Waals surface area contributed by atoms with Gasteiger partial charge in [-0.25, -0.2) is 9.48 Å². The number of ether oxygens (including phenoxy) is 2. The lowest BCUT2D eigenvalue weighted by Gasteiger charge is -2.28. The second-order valence-corrected chi connectivity index (χ2v) is 9.80. The van der Waals surface area contributed by atoms with E-state index in [9.17, 15) is 4.79 Å². The molecule has 1 unspecified atom stereocenters. The summed E-state index contributed by atoms with van der Waals surface area (Å²) in [6.07, 6.45) is 0. The van der Waals surface area contributed by atoms with Crippen LogP contribution in [0.25, 0.3) is 0 Å². The average molecular weight is 533 g/mol. The third-order valence-corrected chi connectivity index (χ3v) is 7.23. The predicted molar refractivity (Wildman–Crippen MR) is 145 cm³/mol. The Balaban J connectivity index is 1.45. The van der Waals surface area contributed by atoms with E-state index in [4.69, 9.17) is 26.2 Å². The molecule has 4 aromatic rings. The summed E-state index contributed by atoms with van der Waals surface area (Å²) in [5.41, 5.74) is 4.03. The van der Waals surface area contributed by atoms with Gasteiger partial charge in [0.2, 0.25) is 11.1 Å². The van der Waals surface area contributed by atoms with Gasteiger partial charge in [0.1, 0.15) is 18.4 Å². The van der Waals surface area contributed by atoms with Gasteiger partial charge in [-0.05, 0) is 41.8 Å². The van der Waals surface area contributed by atoms with Crippen LogP contribution in [0.2, 0.25) is 5.02 Å². The molecule has 0 radical (unpaired) electrons. The van der Waals surface area contributed by atoms with Crippen molar-refractivity contribution >= 4 is 35.3 Å². The highest BCUT2D eigenvalue weighted by Crippen LogP contribution is 2.38. The maximum Gasteiger partial charge on any atom is 0.338 e. The second-order valence-electron chi connectivity index (χ2n) is 8.45. The highest BCUT2D eigenvalue weighted by Gasteiger charge is 2.35. The third-order valence-electron chi connectivity index (χ3n) is 5.98. The molecule has 0 amide bonds. The van der Waals surface area contributed by atoms with Gasteiger partial charge in [0.15, 0.2) is 0 Å². The molecule has 0 saturated carbocycles. The first kappa shape index (κ1) is 24.9. The number of methoxy groups -OCH3 is 1. The lowest BCUT2D eigenvalue weighted by molar-refractivity contribution is -0.136. The Morgan fingerprint density at radius 1 is 1.08 bits per heavy atom. The van der Waals surface area contributed by atoms with Crippen molar-refractivity contribution in [3.63, 3.8) is 0 Å². The minimum absolute atomic E-state index is 0.433. The van der Waals surface area contributed by atoms with E-state index in [0.29, 0.717) is 45.5 Å². The number of allylic oxidation sites excluding steroid dienone is 1. The first-order valence-corrected chi connectivity index (χ1v) is 13.1. The zero-order valence-corrected chi connectivity index (χ0v) is 21.9. The zero-order valence-electron chi connectivity index (χ0n) is 20.3. The topological polar surface area (TPSA) is 78.3 Å². The normalized spacial score (nSPS) is 14.6. The van der Waals surface area contributed by atoms with E-state index >= 15 is 0 Å². The molecule has 2 heterocycles. The van der Waals surface area contributed by atoms with Crippen LogP contribution in [0.5, 0.6) is 5.75 Å². The number of carbonyl (C=O) groups is 1. The Kier molecular flexibility index (Phi) is 7.48. The van der Waals surface area contributed by atoms with Gasteiger partial charge >= 0.3 is 5.97 Å². The second kappa shape index (κ2) is 11.1. The van der Waals surface area contributed by atoms with Crippen LogP contribution in [-0.4, -0.2) is 27.8 Å². The third kappa shape index (κ3) is 5.50. The summed E-state index contributed by atoms with van der Waals surface area (Å²) >= 11 is 7.80. The fourth-order valence-electron chi connectivity index (χ4n) is 4.15. The standard InChI is InChI=1S/C28H25ClN4O3S/c1-18-24(26(34)35-2)25(20-12-8-13-22(15-20)36-16-19-9-4-3-5-10-19)33-27(30-18)31-28(32-33)37-17-21-11-6-7-14-23(21)29/h3-15,25H,16-17H2,1-2H3,(H,30,31,32). The largest absolute Gasteiger partial charge is 0.489 e. The van der Waals surface area contributed by atoms with Crippen LogP contribution in [0.1, 0.15) is 29.7 Å². The minimum atomic E-state index is -0.536. The molecular formula is C28H25ClN4O3S. The van der Waals surface area contributed by atoms with Crippen molar-refractivity contribution < 1.29 is 14.3 Å². The van der Waals surface area contributed by atoms with E-state index in [2.05, 4.69) is 10.3 Å². The molecule has 0 fully saturated rings. The van der Waals surface area contributed by atoms with Gasteiger partial charge in [-0.3, -0.25) is 0 Å². The van der Waals surface area contributed by atoms with Gasteiger partial charge in [0.25, 0.3) is 0 Å². The number of fused-ring (bicyclic) bond motifs is 1. The number of nitrogens with zero attached hydrogens (tertiary/aromatic N) is 3. The number of aromatic nitrogens is 3. The summed E-state index contributed by atoms with van der Waals surface area (Å²) in [4.78, 5) is 17.6. The van der Waals surface area contributed by atoms with Gasteiger partial charge in [-0.15, -0.1) is 5.10 Å². The molecule has 0 saturated heterocycles. The van der Waals surface area contributed by atoms with E-state index in [-0.39, 0.29) is 0 Å². The van der Waals surface area contributed by atoms with Crippen LogP contribution in [0.15, 0.2) is 95.3 Å². The molecule has 0 spiro atoms. The van der Waals surface area contributed by atoms with Gasteiger partial charge in [-0.2, -0.15) is 4.98 Å². The van der Waals surface area contributed by atoms with E-state index in [1.54, 1.807) is 4.68 Å². The molecule has 3 aromatic carbocycles. The molecule has 9 heteroatoms. The smallest absolute Gasteiger partial charge is 0.338 e. The highest BCUT2D eigenvalue weighted by molar-refractivity contribution is 7.98. The van der Waals surface area contributed by atoms with Crippen LogP contribution < -0.4 is 10.1 Å². The molecular weight excluding hydrogens is 508 g/mol. The molecule has 1 N–H and O–H groups in total. The fourth-order valence-corrected chi connectivity index (χ4v) is 5.26. The summed E-state index contributed by atoms with van der Waals surface area (Å²) < 4.78 is 12.9. The molecule has 7 nitrogen and oxygen atoms in total. The number of nitrogens with one attached hydrogen (secondary N) is 1. The number of hydrogen-bond donors (Lipinski definition) is 1. The maximum absolute atomic E-state index is 12.9. The molecule has 1 aromatic heterocycles. The molecule has 37 heavy (non-hydrogen) atoms. The van der Waals surface area contributed by atoms with Crippen molar-refractivity contribution in [3.8, 4) is 5.75 Å². The molecule has 5 rings (SSSR count). The number of esters is 1. The molecule has 1 atom stereocenters. The maximum atomic E-state index is 12.9. The van der Waals surface area contributed by atoms with Crippen LogP contribution >= 0.6 is 23.4 Å². The van der Waals surface area contributed by atoms with Gasteiger partial charge in [0, 0.05) is 16.5 Å². The minimum Gasteiger partial charge on any atom is -0.489 e. The Labute approximate surface area is 224 Å². The summed E-state index contributed by atoms with van der Waals surface area (Å²) in [6, 6.07) is 24.8. The van der Waals surface area contributed by atoms with Gasteiger partial charge in [-0.1, -0.05) is 84.0 Å². The van der Waals surface area contributed by atoms with E-state index < -0.39 is 12.0 Å². The van der Waals surface area contributed by atoms with Crippen molar-refractivity contribution in [2.24, 2.45) is 0 Å². The molecule has 188 valence electrons. The summed E-state index contributed by atoms with van der Waals surface area (Å²) in [5.74, 6) is 1.42. The van der Waals surface area contributed by atoms with Crippen LogP contribution in [-0.2, 0) is 21.9 Å². The van der Waals surface area contributed by atoms with Crippen LogP contribution in [0, 0.1) is 0 Å². The lowest BCUT2D eigenvalue weighted by atomic mass is 9.95. The number of benzene rings is 3. The summed E-state index contributed by atoms with van der Waals surface area (Å²) in [7, 11) is 1.38. The number of hydrogen-bond acceptors (Lipinski definition) is 7. The molecule has 1 aliphatic heterocycles. The van der Waals surface area contributed by atoms with Crippen molar-refractivity contribution in [1.82, 2.24) is 14.8 Å². The zero-order chi connectivity index (χ0) is 25.8. The summed E-state index contributed by atoms with van der Waals surface area (Å²) in [5, 5.41) is 9.25. The van der Waals surface area contributed by atoms with Crippen LogP contribution in [0.4, 0.5) is 5.95 Å². The Bertz CT molecular complexity index is 1450. The fraction of sp³-hybridized carbons (Fsp3) is 0.179. The Morgan fingerprint density at radius 3 is 2.65 bits per heavy atom. The van der Waals surface area contributed by atoms with Crippen molar-refractivity contribution in [2.45, 2.75) is 30.5 Å². The summed E-state index contributed by atoms with van der Waals surface area (Å²) in [6.45, 7) is 2.27. The van der Waals surface area contributed by atoms with Crippen molar-refractivity contribution in [1.29, 1.82) is 0 Å². The van der Waals surface area contributed by atoms with Crippen LogP contribution in [0.3, 0.4) is 0 Å². The van der Waals surface area contributed by atoms with Crippen molar-refractivity contribution in [3.05, 3.63) is 112 Å². The first-order chi connectivity index (χ1) is 18.0.